The third kappa shape index (κ3) is 5.89. The van der Waals surface area contributed by atoms with Crippen LogP contribution in [0.5, 0.6) is 0 Å². The van der Waals surface area contributed by atoms with Crippen LogP contribution in [0.25, 0.3) is 0 Å². The fraction of sp³-hybridized carbons (Fsp3) is 0.824. The highest BCUT2D eigenvalue weighted by atomic mass is 127. The molecule has 2 atom stereocenters. The number of nitrogens with one attached hydrogen (secondary N) is 1. The molecule has 1 aromatic heterocycles. The average molecular weight is 448 g/mol. The number of hydrogen-bond donors (Lipinski definition) is 1. The molecule has 0 aromatic carbocycles. The van der Waals surface area contributed by atoms with E-state index in [4.69, 9.17) is 4.99 Å². The quantitative estimate of drug-likeness (QED) is 0.326. The molecular weight excluding hydrogens is 415 g/mol. The number of unbranched alkanes of at least 4 members (excludes halogenated alkanes) is 1. The molecule has 2 rings (SSSR count). The van der Waals surface area contributed by atoms with Gasteiger partial charge in [0.1, 0.15) is 12.4 Å². The van der Waals surface area contributed by atoms with Gasteiger partial charge in [0.05, 0.1) is 0 Å². The van der Waals surface area contributed by atoms with Crippen molar-refractivity contribution in [2.24, 2.45) is 23.9 Å². The summed E-state index contributed by atoms with van der Waals surface area (Å²) >= 11 is 0. The van der Waals surface area contributed by atoms with Gasteiger partial charge in [-0.05, 0) is 31.6 Å². The first kappa shape index (κ1) is 21.2. The Morgan fingerprint density at radius 1 is 1.25 bits per heavy atom. The normalized spacial score (nSPS) is 21.5. The first-order chi connectivity index (χ1) is 11.0. The van der Waals surface area contributed by atoms with Crippen molar-refractivity contribution < 1.29 is 0 Å². The number of halogens is 1. The van der Waals surface area contributed by atoms with Crippen LogP contribution in [0.4, 0.5) is 0 Å². The van der Waals surface area contributed by atoms with Gasteiger partial charge >= 0.3 is 0 Å². The van der Waals surface area contributed by atoms with E-state index in [2.05, 4.69) is 41.2 Å². The van der Waals surface area contributed by atoms with E-state index in [9.17, 15) is 0 Å². The van der Waals surface area contributed by atoms with E-state index in [0.717, 1.165) is 37.2 Å². The summed E-state index contributed by atoms with van der Waals surface area (Å²) in [4.78, 5) is 7.26. The Balaban J connectivity index is 0.00000288. The van der Waals surface area contributed by atoms with Crippen molar-refractivity contribution in [3.63, 3.8) is 0 Å². The largest absolute Gasteiger partial charge is 0.356 e. The maximum absolute atomic E-state index is 4.84. The fourth-order valence-electron chi connectivity index (χ4n) is 3.21. The zero-order valence-electron chi connectivity index (χ0n) is 15.7. The second kappa shape index (κ2) is 10.2. The molecule has 1 N–H and O–H groups in total. The van der Waals surface area contributed by atoms with E-state index in [1.807, 2.05) is 18.5 Å². The summed E-state index contributed by atoms with van der Waals surface area (Å²) < 4.78 is 2.01. The molecule has 2 heterocycles. The third-order valence-corrected chi connectivity index (χ3v) is 4.53. The number of aryl methyl sites for hydroxylation is 1. The van der Waals surface area contributed by atoms with Gasteiger partial charge in [-0.3, -0.25) is 0 Å². The molecule has 0 radical (unpaired) electrons. The average Bonchev–Trinajstić information content (AvgIpc) is 2.81. The Morgan fingerprint density at radius 3 is 2.46 bits per heavy atom. The lowest BCUT2D eigenvalue weighted by Gasteiger charge is -2.37. The van der Waals surface area contributed by atoms with Crippen molar-refractivity contribution in [2.75, 3.05) is 19.6 Å². The van der Waals surface area contributed by atoms with E-state index >= 15 is 0 Å². The molecular formula is C17H33IN6. The summed E-state index contributed by atoms with van der Waals surface area (Å²) in [5, 5.41) is 11.9. The van der Waals surface area contributed by atoms with Gasteiger partial charge < -0.3 is 14.8 Å². The van der Waals surface area contributed by atoms with Gasteiger partial charge in [0.15, 0.2) is 11.8 Å². The number of aromatic nitrogens is 3. The predicted molar refractivity (Wildman–Crippen MR) is 110 cm³/mol. The molecule has 1 aromatic rings. The lowest BCUT2D eigenvalue weighted by molar-refractivity contribution is 0.208. The van der Waals surface area contributed by atoms with Crippen LogP contribution in [0.15, 0.2) is 4.99 Å². The first-order valence-corrected chi connectivity index (χ1v) is 8.89. The number of likely N-dealkylation sites (tertiary alicyclic amines) is 1. The smallest absolute Gasteiger partial charge is 0.194 e. The van der Waals surface area contributed by atoms with Crippen LogP contribution in [-0.2, 0) is 13.6 Å². The lowest BCUT2D eigenvalue weighted by atomic mass is 9.92. The van der Waals surface area contributed by atoms with E-state index in [1.165, 1.54) is 19.3 Å². The zero-order valence-corrected chi connectivity index (χ0v) is 18.1. The number of guanidine groups is 1. The van der Waals surface area contributed by atoms with Crippen LogP contribution < -0.4 is 5.32 Å². The molecule has 1 aliphatic heterocycles. The standard InChI is InChI=1S/C17H32N6.HI/c1-6-7-8-18-17(23-11-13(2)9-14(3)12-23)19-10-16-21-20-15(4)22(16)5;/h13-14H,6-12H2,1-5H3,(H,18,19);1H. The van der Waals surface area contributed by atoms with Gasteiger partial charge in [-0.1, -0.05) is 27.2 Å². The minimum atomic E-state index is 0. The van der Waals surface area contributed by atoms with Gasteiger partial charge in [-0.2, -0.15) is 0 Å². The summed E-state index contributed by atoms with van der Waals surface area (Å²) in [6, 6.07) is 0. The number of aliphatic imine (C=N–C) groups is 1. The SMILES string of the molecule is CCCCNC(=NCc1nnc(C)n1C)N1CC(C)CC(C)C1.I. The predicted octanol–water partition coefficient (Wildman–Crippen LogP) is 2.97. The van der Waals surface area contributed by atoms with Crippen LogP contribution in [0.2, 0.25) is 0 Å². The number of hydrogen-bond acceptors (Lipinski definition) is 3. The molecule has 138 valence electrons. The van der Waals surface area contributed by atoms with Crippen molar-refractivity contribution in [1.82, 2.24) is 25.0 Å². The Bertz CT molecular complexity index is 517. The van der Waals surface area contributed by atoms with Crippen molar-refractivity contribution in [3.05, 3.63) is 11.6 Å². The highest BCUT2D eigenvalue weighted by Crippen LogP contribution is 2.21. The minimum absolute atomic E-state index is 0. The van der Waals surface area contributed by atoms with Gasteiger partial charge in [0.25, 0.3) is 0 Å². The van der Waals surface area contributed by atoms with Crippen molar-refractivity contribution >= 4 is 29.9 Å². The lowest BCUT2D eigenvalue weighted by Crippen LogP contribution is -2.48. The molecule has 24 heavy (non-hydrogen) atoms. The highest BCUT2D eigenvalue weighted by molar-refractivity contribution is 14.0. The van der Waals surface area contributed by atoms with Gasteiger partial charge in [0, 0.05) is 26.7 Å². The van der Waals surface area contributed by atoms with Gasteiger partial charge in [-0.25, -0.2) is 4.99 Å². The number of piperidine rings is 1. The summed E-state index contributed by atoms with van der Waals surface area (Å²) in [6.07, 6.45) is 3.66. The van der Waals surface area contributed by atoms with Crippen LogP contribution in [-0.4, -0.2) is 45.3 Å². The molecule has 0 spiro atoms. The molecule has 1 aliphatic rings. The van der Waals surface area contributed by atoms with Crippen molar-refractivity contribution in [1.29, 1.82) is 0 Å². The monoisotopic (exact) mass is 448 g/mol. The second-order valence-corrected chi connectivity index (χ2v) is 6.99. The van der Waals surface area contributed by atoms with Crippen LogP contribution in [0.1, 0.15) is 51.7 Å². The maximum atomic E-state index is 4.84. The van der Waals surface area contributed by atoms with E-state index in [-0.39, 0.29) is 24.0 Å². The molecule has 0 amide bonds. The molecule has 1 fully saturated rings. The first-order valence-electron chi connectivity index (χ1n) is 8.89. The Labute approximate surface area is 163 Å². The van der Waals surface area contributed by atoms with Crippen LogP contribution >= 0.6 is 24.0 Å². The Hall–Kier alpha value is -0.860. The third-order valence-electron chi connectivity index (χ3n) is 4.53. The molecule has 6 nitrogen and oxygen atoms in total. The highest BCUT2D eigenvalue weighted by Gasteiger charge is 2.24. The minimum Gasteiger partial charge on any atom is -0.356 e. The molecule has 1 saturated heterocycles. The molecule has 0 saturated carbocycles. The number of nitrogens with zero attached hydrogens (tertiary/aromatic N) is 5. The summed E-state index contributed by atoms with van der Waals surface area (Å²) in [5.74, 6) is 4.30. The summed E-state index contributed by atoms with van der Waals surface area (Å²) in [7, 11) is 2.00. The van der Waals surface area contributed by atoms with Gasteiger partial charge in [-0.15, -0.1) is 34.2 Å². The Morgan fingerprint density at radius 2 is 1.92 bits per heavy atom. The van der Waals surface area contributed by atoms with E-state index in [1.54, 1.807) is 0 Å². The second-order valence-electron chi connectivity index (χ2n) is 6.99. The molecule has 7 heteroatoms. The topological polar surface area (TPSA) is 58.3 Å². The summed E-state index contributed by atoms with van der Waals surface area (Å²) in [5.41, 5.74) is 0. The van der Waals surface area contributed by atoms with Crippen LogP contribution in [0.3, 0.4) is 0 Å². The van der Waals surface area contributed by atoms with Crippen molar-refractivity contribution in [3.8, 4) is 0 Å². The molecule has 2 unspecified atom stereocenters. The molecule has 0 aliphatic carbocycles. The van der Waals surface area contributed by atoms with E-state index in [0.29, 0.717) is 18.4 Å². The maximum Gasteiger partial charge on any atom is 0.194 e. The molecule has 0 bridgehead atoms. The van der Waals surface area contributed by atoms with Gasteiger partial charge in [0.2, 0.25) is 0 Å². The fourth-order valence-corrected chi connectivity index (χ4v) is 3.21. The Kier molecular flexibility index (Phi) is 9.01. The zero-order chi connectivity index (χ0) is 16.8. The van der Waals surface area contributed by atoms with Crippen LogP contribution in [0, 0.1) is 18.8 Å². The van der Waals surface area contributed by atoms with E-state index < -0.39 is 0 Å². The number of rotatable bonds is 5. The summed E-state index contributed by atoms with van der Waals surface area (Å²) in [6.45, 7) is 12.6. The van der Waals surface area contributed by atoms with Crippen molar-refractivity contribution in [2.45, 2.75) is 53.5 Å².